The van der Waals surface area contributed by atoms with Crippen molar-refractivity contribution in [3.8, 4) is 11.4 Å². The van der Waals surface area contributed by atoms with E-state index < -0.39 is 0 Å². The van der Waals surface area contributed by atoms with E-state index in [9.17, 15) is 4.39 Å². The van der Waals surface area contributed by atoms with Gasteiger partial charge in [-0.1, -0.05) is 0 Å². The number of rotatable bonds is 2. The standard InChI is InChI=1S/C15H13FN2OS/c1-9-7-11(4-6-14(9)19-2)18-13-8-10(16)3-5-12(13)17-15(18)20/h3-8H,1-2H3,(H,17,20). The fourth-order valence-corrected chi connectivity index (χ4v) is 2.65. The number of ether oxygens (including phenoxy) is 1. The van der Waals surface area contributed by atoms with Crippen LogP contribution in [0.4, 0.5) is 4.39 Å². The van der Waals surface area contributed by atoms with Crippen molar-refractivity contribution in [3.63, 3.8) is 0 Å². The Morgan fingerprint density at radius 3 is 2.70 bits per heavy atom. The molecule has 0 atom stereocenters. The van der Waals surface area contributed by atoms with Gasteiger partial charge in [-0.2, -0.15) is 0 Å². The average Bonchev–Trinajstić information content (AvgIpc) is 2.74. The highest BCUT2D eigenvalue weighted by atomic mass is 32.1. The number of nitrogens with zero attached hydrogens (tertiary/aromatic N) is 1. The molecule has 3 nitrogen and oxygen atoms in total. The van der Waals surface area contributed by atoms with Gasteiger partial charge in [0.1, 0.15) is 11.6 Å². The van der Waals surface area contributed by atoms with E-state index in [4.69, 9.17) is 17.0 Å². The van der Waals surface area contributed by atoms with E-state index in [1.807, 2.05) is 29.7 Å². The minimum absolute atomic E-state index is 0.287. The van der Waals surface area contributed by atoms with E-state index in [1.54, 1.807) is 13.2 Å². The first-order valence-corrected chi connectivity index (χ1v) is 6.56. The number of halogens is 1. The van der Waals surface area contributed by atoms with Crippen LogP contribution in [0.25, 0.3) is 16.7 Å². The minimum Gasteiger partial charge on any atom is -0.496 e. The molecule has 1 N–H and O–H groups in total. The van der Waals surface area contributed by atoms with Crippen molar-refractivity contribution in [2.45, 2.75) is 6.92 Å². The molecule has 3 rings (SSSR count). The van der Waals surface area contributed by atoms with E-state index in [0.717, 1.165) is 28.0 Å². The van der Waals surface area contributed by atoms with Gasteiger partial charge >= 0.3 is 0 Å². The molecule has 3 aromatic rings. The molecule has 0 unspecified atom stereocenters. The predicted molar refractivity (Wildman–Crippen MR) is 79.7 cm³/mol. The third kappa shape index (κ3) is 2.00. The first-order chi connectivity index (χ1) is 9.60. The van der Waals surface area contributed by atoms with Crippen molar-refractivity contribution in [2.24, 2.45) is 0 Å². The quantitative estimate of drug-likeness (QED) is 0.718. The fourth-order valence-electron chi connectivity index (χ4n) is 2.33. The maximum atomic E-state index is 13.5. The maximum Gasteiger partial charge on any atom is 0.182 e. The van der Waals surface area contributed by atoms with Crippen LogP contribution < -0.4 is 4.74 Å². The molecule has 0 aliphatic rings. The summed E-state index contributed by atoms with van der Waals surface area (Å²) < 4.78 is 21.1. The van der Waals surface area contributed by atoms with Gasteiger partial charge in [0.15, 0.2) is 4.77 Å². The molecule has 102 valence electrons. The first kappa shape index (κ1) is 12.9. The van der Waals surface area contributed by atoms with Crippen molar-refractivity contribution >= 4 is 23.3 Å². The highest BCUT2D eigenvalue weighted by Crippen LogP contribution is 2.25. The first-order valence-electron chi connectivity index (χ1n) is 6.15. The number of benzene rings is 2. The molecule has 5 heteroatoms. The zero-order valence-electron chi connectivity index (χ0n) is 11.1. The van der Waals surface area contributed by atoms with E-state index in [1.165, 1.54) is 12.1 Å². The summed E-state index contributed by atoms with van der Waals surface area (Å²) in [5, 5.41) is 0. The van der Waals surface area contributed by atoms with Crippen LogP contribution in [-0.4, -0.2) is 16.7 Å². The largest absolute Gasteiger partial charge is 0.496 e. The summed E-state index contributed by atoms with van der Waals surface area (Å²) >= 11 is 5.34. The summed E-state index contributed by atoms with van der Waals surface area (Å²) in [5.41, 5.74) is 3.41. The van der Waals surface area contributed by atoms with Gasteiger partial charge in [0, 0.05) is 11.8 Å². The number of fused-ring (bicyclic) bond motifs is 1. The van der Waals surface area contributed by atoms with Gasteiger partial charge in [-0.05, 0) is 55.0 Å². The highest BCUT2D eigenvalue weighted by Gasteiger charge is 2.09. The number of aromatic nitrogens is 2. The Bertz CT molecular complexity index is 851. The normalized spacial score (nSPS) is 10.9. The molecule has 0 aliphatic heterocycles. The van der Waals surface area contributed by atoms with Crippen LogP contribution in [0.1, 0.15) is 5.56 Å². The second-order valence-corrected chi connectivity index (χ2v) is 4.97. The molecule has 0 aliphatic carbocycles. The number of H-pyrrole nitrogens is 1. The lowest BCUT2D eigenvalue weighted by atomic mass is 10.2. The van der Waals surface area contributed by atoms with Crippen molar-refractivity contribution < 1.29 is 9.13 Å². The Labute approximate surface area is 120 Å². The highest BCUT2D eigenvalue weighted by molar-refractivity contribution is 7.71. The van der Waals surface area contributed by atoms with Crippen LogP contribution >= 0.6 is 12.2 Å². The smallest absolute Gasteiger partial charge is 0.182 e. The van der Waals surface area contributed by atoms with Crippen LogP contribution in [0, 0.1) is 17.5 Å². The topological polar surface area (TPSA) is 29.9 Å². The SMILES string of the molecule is COc1ccc(-n2c(=S)[nH]c3ccc(F)cc32)cc1C. The van der Waals surface area contributed by atoms with Crippen molar-refractivity contribution in [1.82, 2.24) is 9.55 Å². The van der Waals surface area contributed by atoms with Gasteiger partial charge in [-0.25, -0.2) is 4.39 Å². The van der Waals surface area contributed by atoms with Crippen molar-refractivity contribution in [3.05, 3.63) is 52.5 Å². The van der Waals surface area contributed by atoms with Gasteiger partial charge in [-0.3, -0.25) is 4.57 Å². The van der Waals surface area contributed by atoms with E-state index >= 15 is 0 Å². The minimum atomic E-state index is -0.287. The molecular formula is C15H13FN2OS. The molecule has 20 heavy (non-hydrogen) atoms. The number of hydrogen-bond acceptors (Lipinski definition) is 2. The summed E-state index contributed by atoms with van der Waals surface area (Å²) in [6.45, 7) is 1.96. The van der Waals surface area contributed by atoms with Crippen molar-refractivity contribution in [2.75, 3.05) is 7.11 Å². The number of imidazole rings is 1. The molecule has 1 heterocycles. The number of aromatic amines is 1. The molecule has 0 saturated carbocycles. The van der Waals surface area contributed by atoms with Gasteiger partial charge < -0.3 is 9.72 Å². The molecular weight excluding hydrogens is 275 g/mol. The average molecular weight is 288 g/mol. The number of aryl methyl sites for hydroxylation is 1. The Hall–Kier alpha value is -2.14. The van der Waals surface area contributed by atoms with Gasteiger partial charge in [0.2, 0.25) is 0 Å². The van der Waals surface area contributed by atoms with Gasteiger partial charge in [0.05, 0.1) is 18.1 Å². The van der Waals surface area contributed by atoms with Crippen LogP contribution in [0.2, 0.25) is 0 Å². The molecule has 0 amide bonds. The molecule has 0 bridgehead atoms. The second kappa shape index (κ2) is 4.76. The Morgan fingerprint density at radius 2 is 2.00 bits per heavy atom. The fraction of sp³-hybridized carbons (Fsp3) is 0.133. The van der Waals surface area contributed by atoms with Crippen LogP contribution in [-0.2, 0) is 0 Å². The third-order valence-corrected chi connectivity index (χ3v) is 3.57. The zero-order valence-corrected chi connectivity index (χ0v) is 11.9. The van der Waals surface area contributed by atoms with E-state index in [-0.39, 0.29) is 5.82 Å². The maximum absolute atomic E-state index is 13.5. The Kier molecular flexibility index (Phi) is 3.06. The molecule has 2 aromatic carbocycles. The molecule has 0 radical (unpaired) electrons. The summed E-state index contributed by atoms with van der Waals surface area (Å²) in [6.07, 6.45) is 0. The predicted octanol–water partition coefficient (Wildman–Crippen LogP) is 4.14. The summed E-state index contributed by atoms with van der Waals surface area (Å²) in [6, 6.07) is 10.3. The second-order valence-electron chi connectivity index (χ2n) is 4.58. The Morgan fingerprint density at radius 1 is 1.20 bits per heavy atom. The molecule has 0 fully saturated rings. The molecule has 0 saturated heterocycles. The monoisotopic (exact) mass is 288 g/mol. The van der Waals surface area contributed by atoms with Crippen molar-refractivity contribution in [1.29, 1.82) is 0 Å². The van der Waals surface area contributed by atoms with E-state index in [0.29, 0.717) is 4.77 Å². The van der Waals surface area contributed by atoms with Gasteiger partial charge in [0.25, 0.3) is 0 Å². The number of methoxy groups -OCH3 is 1. The molecule has 1 aromatic heterocycles. The summed E-state index contributed by atoms with van der Waals surface area (Å²) in [5.74, 6) is 0.525. The summed E-state index contributed by atoms with van der Waals surface area (Å²) in [7, 11) is 1.63. The third-order valence-electron chi connectivity index (χ3n) is 3.28. The lowest BCUT2D eigenvalue weighted by Crippen LogP contribution is -1.96. The van der Waals surface area contributed by atoms with Crippen LogP contribution in [0.5, 0.6) is 5.75 Å². The zero-order chi connectivity index (χ0) is 14.3. The number of hydrogen-bond donors (Lipinski definition) is 1. The lowest BCUT2D eigenvalue weighted by Gasteiger charge is -2.09. The van der Waals surface area contributed by atoms with Crippen LogP contribution in [0.3, 0.4) is 0 Å². The number of nitrogens with one attached hydrogen (secondary N) is 1. The van der Waals surface area contributed by atoms with Gasteiger partial charge in [-0.15, -0.1) is 0 Å². The van der Waals surface area contributed by atoms with E-state index in [2.05, 4.69) is 4.98 Å². The lowest BCUT2D eigenvalue weighted by molar-refractivity contribution is 0.411. The summed E-state index contributed by atoms with van der Waals surface area (Å²) in [4.78, 5) is 3.08. The Balaban J connectivity index is 2.28. The molecule has 0 spiro atoms. The van der Waals surface area contributed by atoms with Crippen LogP contribution in [0.15, 0.2) is 36.4 Å².